The summed E-state index contributed by atoms with van der Waals surface area (Å²) in [5.41, 5.74) is 19.3. The third-order valence-electron chi connectivity index (χ3n) is 3.76. The molecular weight excluding hydrogens is 220 g/mol. The van der Waals surface area contributed by atoms with Gasteiger partial charge in [-0.05, 0) is 65.8 Å². The summed E-state index contributed by atoms with van der Waals surface area (Å²) in [6.45, 7) is 0.709. The zero-order chi connectivity index (χ0) is 12.5. The van der Waals surface area contributed by atoms with Crippen LogP contribution in [0.5, 0.6) is 0 Å². The molecule has 0 radical (unpaired) electrons. The fourth-order valence-corrected chi connectivity index (χ4v) is 2.89. The van der Waals surface area contributed by atoms with Crippen molar-refractivity contribution in [2.75, 3.05) is 12.3 Å². The Hall–Kier alpha value is -1.80. The highest BCUT2D eigenvalue weighted by Crippen LogP contribution is 2.36. The average Bonchev–Trinajstić information content (AvgIpc) is 2.39. The molecule has 4 N–H and O–H groups in total. The Morgan fingerprint density at radius 3 is 2.72 bits per heavy atom. The molecular formula is C16H18N2. The number of hydrogen-bond acceptors (Lipinski definition) is 2. The molecule has 2 aromatic carbocycles. The summed E-state index contributed by atoms with van der Waals surface area (Å²) in [6.07, 6.45) is 3.17. The molecule has 0 fully saturated rings. The highest BCUT2D eigenvalue weighted by Gasteiger charge is 2.18. The molecule has 3 rings (SSSR count). The van der Waals surface area contributed by atoms with Crippen LogP contribution in [0, 0.1) is 0 Å². The summed E-state index contributed by atoms with van der Waals surface area (Å²) >= 11 is 0. The van der Waals surface area contributed by atoms with E-state index in [0.29, 0.717) is 6.54 Å². The van der Waals surface area contributed by atoms with Crippen LogP contribution in [0.4, 0.5) is 5.69 Å². The van der Waals surface area contributed by atoms with Gasteiger partial charge in [0.25, 0.3) is 0 Å². The maximum atomic E-state index is 5.92. The molecule has 0 bridgehead atoms. The quantitative estimate of drug-likeness (QED) is 0.790. The van der Waals surface area contributed by atoms with Gasteiger partial charge in [-0.1, -0.05) is 24.3 Å². The van der Waals surface area contributed by atoms with Crippen molar-refractivity contribution in [2.45, 2.75) is 19.3 Å². The van der Waals surface area contributed by atoms with Gasteiger partial charge in [0.15, 0.2) is 0 Å². The molecule has 0 aliphatic heterocycles. The third-order valence-corrected chi connectivity index (χ3v) is 3.76. The Kier molecular flexibility index (Phi) is 2.80. The fraction of sp³-hybridized carbons (Fsp3) is 0.250. The predicted molar refractivity (Wildman–Crippen MR) is 76.5 cm³/mol. The number of nitrogens with two attached hydrogens (primary N) is 2. The second kappa shape index (κ2) is 4.46. The molecule has 0 unspecified atom stereocenters. The van der Waals surface area contributed by atoms with Crippen LogP contribution >= 0.6 is 0 Å². The Bertz CT molecular complexity index is 588. The van der Waals surface area contributed by atoms with Crippen molar-refractivity contribution >= 4 is 5.69 Å². The topological polar surface area (TPSA) is 52.0 Å². The lowest BCUT2D eigenvalue weighted by molar-refractivity contribution is 0.889. The van der Waals surface area contributed by atoms with E-state index in [1.807, 2.05) is 6.07 Å². The van der Waals surface area contributed by atoms with E-state index in [-0.39, 0.29) is 0 Å². The zero-order valence-electron chi connectivity index (χ0n) is 10.4. The largest absolute Gasteiger partial charge is 0.399 e. The van der Waals surface area contributed by atoms with Crippen LogP contribution in [0.2, 0.25) is 0 Å². The first-order chi connectivity index (χ1) is 8.79. The molecule has 0 saturated heterocycles. The number of aryl methyl sites for hydroxylation is 1. The molecule has 18 heavy (non-hydrogen) atoms. The lowest BCUT2D eigenvalue weighted by Gasteiger charge is -2.22. The van der Waals surface area contributed by atoms with Gasteiger partial charge in [-0.3, -0.25) is 0 Å². The summed E-state index contributed by atoms with van der Waals surface area (Å²) in [4.78, 5) is 0. The van der Waals surface area contributed by atoms with E-state index in [1.165, 1.54) is 27.8 Å². The van der Waals surface area contributed by atoms with Crippen LogP contribution in [0.25, 0.3) is 11.1 Å². The predicted octanol–water partition coefficient (Wildman–Crippen LogP) is 2.54. The maximum Gasteiger partial charge on any atom is 0.0320 e. The summed E-state index contributed by atoms with van der Waals surface area (Å²) in [7, 11) is 0. The van der Waals surface area contributed by atoms with Crippen LogP contribution in [-0.2, 0) is 19.3 Å². The van der Waals surface area contributed by atoms with E-state index >= 15 is 0 Å². The maximum absolute atomic E-state index is 5.92. The minimum absolute atomic E-state index is 0.709. The summed E-state index contributed by atoms with van der Waals surface area (Å²) < 4.78 is 0. The van der Waals surface area contributed by atoms with Crippen molar-refractivity contribution in [3.05, 3.63) is 53.1 Å². The van der Waals surface area contributed by atoms with Crippen molar-refractivity contribution in [3.8, 4) is 11.1 Å². The minimum Gasteiger partial charge on any atom is -0.399 e. The van der Waals surface area contributed by atoms with Gasteiger partial charge in [-0.25, -0.2) is 0 Å². The fourth-order valence-electron chi connectivity index (χ4n) is 2.89. The monoisotopic (exact) mass is 238 g/mol. The molecule has 92 valence electrons. The van der Waals surface area contributed by atoms with Gasteiger partial charge in [-0.15, -0.1) is 0 Å². The highest BCUT2D eigenvalue weighted by atomic mass is 14.5. The highest BCUT2D eigenvalue weighted by molar-refractivity contribution is 5.76. The van der Waals surface area contributed by atoms with E-state index < -0.39 is 0 Å². The van der Waals surface area contributed by atoms with Crippen molar-refractivity contribution in [1.29, 1.82) is 0 Å². The molecule has 2 heteroatoms. The molecule has 2 nitrogen and oxygen atoms in total. The molecule has 0 saturated carbocycles. The van der Waals surface area contributed by atoms with E-state index in [2.05, 4.69) is 30.3 Å². The SMILES string of the molecule is NCCc1cccc2c1CCc1ccc(N)cc1-2. The molecule has 0 heterocycles. The summed E-state index contributed by atoms with van der Waals surface area (Å²) in [6, 6.07) is 12.8. The number of anilines is 1. The number of rotatable bonds is 2. The van der Waals surface area contributed by atoms with Gasteiger partial charge in [0.05, 0.1) is 0 Å². The molecule has 0 amide bonds. The smallest absolute Gasteiger partial charge is 0.0320 e. The van der Waals surface area contributed by atoms with E-state index in [1.54, 1.807) is 0 Å². The molecule has 1 aliphatic carbocycles. The second-order valence-electron chi connectivity index (χ2n) is 4.90. The average molecular weight is 238 g/mol. The van der Waals surface area contributed by atoms with Crippen LogP contribution in [0.15, 0.2) is 36.4 Å². The van der Waals surface area contributed by atoms with Crippen LogP contribution in [-0.4, -0.2) is 6.54 Å². The standard InChI is InChI=1S/C16H18N2/c17-9-8-11-2-1-3-15-14(11)7-5-12-4-6-13(18)10-16(12)15/h1-4,6,10H,5,7-9,17-18H2. The first-order valence-corrected chi connectivity index (χ1v) is 6.49. The van der Waals surface area contributed by atoms with E-state index in [0.717, 1.165) is 24.9 Å². The first-order valence-electron chi connectivity index (χ1n) is 6.49. The van der Waals surface area contributed by atoms with E-state index in [4.69, 9.17) is 11.5 Å². The molecule has 0 atom stereocenters. The van der Waals surface area contributed by atoms with Crippen LogP contribution in [0.3, 0.4) is 0 Å². The number of benzene rings is 2. The van der Waals surface area contributed by atoms with Crippen molar-refractivity contribution in [2.24, 2.45) is 5.73 Å². The van der Waals surface area contributed by atoms with Gasteiger partial charge in [0, 0.05) is 5.69 Å². The van der Waals surface area contributed by atoms with Gasteiger partial charge in [0.1, 0.15) is 0 Å². The molecule has 2 aromatic rings. The zero-order valence-corrected chi connectivity index (χ0v) is 10.4. The van der Waals surface area contributed by atoms with Crippen molar-refractivity contribution in [3.63, 3.8) is 0 Å². The van der Waals surface area contributed by atoms with Gasteiger partial charge >= 0.3 is 0 Å². The number of nitrogen functional groups attached to an aromatic ring is 1. The Morgan fingerprint density at radius 2 is 1.89 bits per heavy atom. The Labute approximate surface area is 108 Å². The lowest BCUT2D eigenvalue weighted by atomic mass is 9.82. The van der Waals surface area contributed by atoms with Gasteiger partial charge in [0.2, 0.25) is 0 Å². The Balaban J connectivity index is 2.18. The van der Waals surface area contributed by atoms with Crippen molar-refractivity contribution < 1.29 is 0 Å². The summed E-state index contributed by atoms with van der Waals surface area (Å²) in [5, 5.41) is 0. The molecule has 1 aliphatic rings. The Morgan fingerprint density at radius 1 is 1.00 bits per heavy atom. The molecule has 0 aromatic heterocycles. The lowest BCUT2D eigenvalue weighted by Crippen LogP contribution is -2.10. The van der Waals surface area contributed by atoms with Crippen LogP contribution < -0.4 is 11.5 Å². The number of fused-ring (bicyclic) bond motifs is 3. The van der Waals surface area contributed by atoms with Crippen molar-refractivity contribution in [1.82, 2.24) is 0 Å². The minimum atomic E-state index is 0.709. The van der Waals surface area contributed by atoms with Crippen LogP contribution in [0.1, 0.15) is 16.7 Å². The van der Waals surface area contributed by atoms with E-state index in [9.17, 15) is 0 Å². The number of hydrogen-bond donors (Lipinski definition) is 2. The summed E-state index contributed by atoms with van der Waals surface area (Å²) in [5.74, 6) is 0. The third kappa shape index (κ3) is 1.79. The normalized spacial score (nSPS) is 12.9. The molecule has 0 spiro atoms. The second-order valence-corrected chi connectivity index (χ2v) is 4.90. The first kappa shape index (κ1) is 11.3. The van der Waals surface area contributed by atoms with Gasteiger partial charge < -0.3 is 11.5 Å². The van der Waals surface area contributed by atoms with Gasteiger partial charge in [-0.2, -0.15) is 0 Å².